The van der Waals surface area contributed by atoms with Crippen molar-refractivity contribution >= 4 is 5.78 Å². The number of Topliss-reactive ketones (excluding diaryl/α,β-unsaturated/α-hetero) is 1. The van der Waals surface area contributed by atoms with Gasteiger partial charge in [-0.1, -0.05) is 36.4 Å². The number of benzene rings is 2. The topological polar surface area (TPSA) is 46.5 Å². The summed E-state index contributed by atoms with van der Waals surface area (Å²) in [6, 6.07) is 16.0. The largest absolute Gasteiger partial charge is 0.508 e. The third kappa shape index (κ3) is 3.99. The molecule has 0 bridgehead atoms. The van der Waals surface area contributed by atoms with Gasteiger partial charge in [-0.05, 0) is 80.7 Å². The molecule has 3 heteroatoms. The van der Waals surface area contributed by atoms with Crippen LogP contribution in [0.25, 0.3) is 0 Å². The number of phenols is 1. The zero-order valence-electron chi connectivity index (χ0n) is 16.5. The van der Waals surface area contributed by atoms with E-state index in [-0.39, 0.29) is 11.2 Å². The molecule has 4 rings (SSSR count). The third-order valence-corrected chi connectivity index (χ3v) is 6.32. The molecule has 28 heavy (non-hydrogen) atoms. The third-order valence-electron chi connectivity index (χ3n) is 6.32. The predicted octanol–water partition coefficient (Wildman–Crippen LogP) is 5.68. The minimum Gasteiger partial charge on any atom is -0.508 e. The molecule has 2 aromatic rings. The summed E-state index contributed by atoms with van der Waals surface area (Å²) in [6.07, 6.45) is 8.19. The molecule has 2 aliphatic rings. The molecular formula is C25H28O3. The molecule has 0 saturated heterocycles. The lowest BCUT2D eigenvalue weighted by Crippen LogP contribution is -2.17. The molecule has 0 amide bonds. The molecule has 1 fully saturated rings. The van der Waals surface area contributed by atoms with Gasteiger partial charge in [-0.25, -0.2) is 0 Å². The summed E-state index contributed by atoms with van der Waals surface area (Å²) in [7, 11) is 0. The number of rotatable bonds is 6. The second kappa shape index (κ2) is 7.83. The van der Waals surface area contributed by atoms with Crippen molar-refractivity contribution in [1.82, 2.24) is 0 Å². The monoisotopic (exact) mass is 376 g/mol. The molecule has 0 heterocycles. The first-order valence-electron chi connectivity index (χ1n) is 10.3. The van der Waals surface area contributed by atoms with Gasteiger partial charge in [0, 0.05) is 11.0 Å². The zero-order valence-corrected chi connectivity index (χ0v) is 16.5. The summed E-state index contributed by atoms with van der Waals surface area (Å²) in [5.41, 5.74) is 3.27. The quantitative estimate of drug-likeness (QED) is 0.706. The molecule has 1 atom stereocenters. The second-order valence-electron chi connectivity index (χ2n) is 8.25. The summed E-state index contributed by atoms with van der Waals surface area (Å²) in [6.45, 7) is 2.26. The number of ketones is 1. The number of carbonyl (C=O) groups is 1. The van der Waals surface area contributed by atoms with Crippen molar-refractivity contribution in [1.29, 1.82) is 0 Å². The van der Waals surface area contributed by atoms with E-state index in [0.29, 0.717) is 18.3 Å². The molecule has 1 unspecified atom stereocenters. The van der Waals surface area contributed by atoms with Crippen molar-refractivity contribution in [3.63, 3.8) is 0 Å². The van der Waals surface area contributed by atoms with Crippen LogP contribution in [0.3, 0.4) is 0 Å². The van der Waals surface area contributed by atoms with E-state index in [1.165, 1.54) is 5.56 Å². The standard InChI is InChI=1S/C25H28O3/c1-18(26)19-5-4-6-20(10-9-19)21-11-13-22(14-12-21)28-17-25(15-16-25)23-7-2-3-8-24(23)27/h2-3,5,7-8,11-14,20,27H,4,6,9-10,15-17H2,1H3. The zero-order chi connectivity index (χ0) is 19.6. The van der Waals surface area contributed by atoms with Gasteiger partial charge in [0.25, 0.3) is 0 Å². The molecule has 0 aromatic heterocycles. The minimum absolute atomic E-state index is 0.0416. The van der Waals surface area contributed by atoms with E-state index in [4.69, 9.17) is 4.74 Å². The molecule has 1 N–H and O–H groups in total. The number of hydrogen-bond acceptors (Lipinski definition) is 3. The lowest BCUT2D eigenvalue weighted by molar-refractivity contribution is -0.113. The molecule has 1 saturated carbocycles. The Labute approximate surface area is 167 Å². The second-order valence-corrected chi connectivity index (χ2v) is 8.25. The number of ether oxygens (including phenoxy) is 1. The minimum atomic E-state index is -0.0416. The number of carbonyl (C=O) groups excluding carboxylic acids is 1. The van der Waals surface area contributed by atoms with Gasteiger partial charge < -0.3 is 9.84 Å². The Morgan fingerprint density at radius 1 is 1.11 bits per heavy atom. The van der Waals surface area contributed by atoms with E-state index in [0.717, 1.165) is 55.4 Å². The highest BCUT2D eigenvalue weighted by Gasteiger charge is 2.46. The summed E-state index contributed by atoms with van der Waals surface area (Å²) in [4.78, 5) is 11.6. The average Bonchev–Trinajstić information content (AvgIpc) is 3.51. The van der Waals surface area contributed by atoms with Crippen LogP contribution in [0.15, 0.2) is 60.2 Å². The maximum atomic E-state index is 11.6. The highest BCUT2D eigenvalue weighted by atomic mass is 16.5. The molecule has 2 aromatic carbocycles. The Bertz CT molecular complexity index is 875. The van der Waals surface area contributed by atoms with Crippen LogP contribution < -0.4 is 4.74 Å². The van der Waals surface area contributed by atoms with Crippen molar-refractivity contribution in [3.8, 4) is 11.5 Å². The van der Waals surface area contributed by atoms with Gasteiger partial charge in [-0.3, -0.25) is 4.79 Å². The molecule has 146 valence electrons. The molecular weight excluding hydrogens is 348 g/mol. The Kier molecular flexibility index (Phi) is 5.25. The van der Waals surface area contributed by atoms with E-state index in [9.17, 15) is 9.90 Å². The first-order chi connectivity index (χ1) is 13.6. The normalized spacial score (nSPS) is 20.8. The van der Waals surface area contributed by atoms with Gasteiger partial charge in [0.2, 0.25) is 0 Å². The maximum absolute atomic E-state index is 11.6. The van der Waals surface area contributed by atoms with Crippen LogP contribution >= 0.6 is 0 Å². The highest BCUT2D eigenvalue weighted by molar-refractivity contribution is 5.93. The SMILES string of the molecule is CC(=O)C1=CCCC(c2ccc(OCC3(c4ccccc4O)CC3)cc2)CC1. The van der Waals surface area contributed by atoms with E-state index in [2.05, 4.69) is 30.3 Å². The van der Waals surface area contributed by atoms with E-state index in [1.54, 1.807) is 13.0 Å². The van der Waals surface area contributed by atoms with Gasteiger partial charge >= 0.3 is 0 Å². The molecule has 0 spiro atoms. The van der Waals surface area contributed by atoms with Crippen molar-refractivity contribution in [2.75, 3.05) is 6.61 Å². The lowest BCUT2D eigenvalue weighted by Gasteiger charge is -2.19. The number of hydrogen-bond donors (Lipinski definition) is 1. The average molecular weight is 376 g/mol. The van der Waals surface area contributed by atoms with Crippen LogP contribution in [0.4, 0.5) is 0 Å². The van der Waals surface area contributed by atoms with E-state index in [1.807, 2.05) is 18.2 Å². The van der Waals surface area contributed by atoms with Gasteiger partial charge in [0.1, 0.15) is 11.5 Å². The Morgan fingerprint density at radius 3 is 2.54 bits per heavy atom. The van der Waals surface area contributed by atoms with Gasteiger partial charge in [0.15, 0.2) is 5.78 Å². The van der Waals surface area contributed by atoms with Gasteiger partial charge in [-0.2, -0.15) is 0 Å². The van der Waals surface area contributed by atoms with Gasteiger partial charge in [0.05, 0.1) is 6.61 Å². The Hall–Kier alpha value is -2.55. The summed E-state index contributed by atoms with van der Waals surface area (Å²) in [5, 5.41) is 10.2. The first-order valence-corrected chi connectivity index (χ1v) is 10.3. The highest BCUT2D eigenvalue weighted by Crippen LogP contribution is 2.51. The first kappa shape index (κ1) is 18.8. The maximum Gasteiger partial charge on any atom is 0.155 e. The molecule has 2 aliphatic carbocycles. The van der Waals surface area contributed by atoms with Crippen LogP contribution in [-0.4, -0.2) is 17.5 Å². The van der Waals surface area contributed by atoms with Crippen LogP contribution in [0.5, 0.6) is 11.5 Å². The van der Waals surface area contributed by atoms with Crippen LogP contribution in [-0.2, 0) is 10.2 Å². The summed E-state index contributed by atoms with van der Waals surface area (Å²) >= 11 is 0. The van der Waals surface area contributed by atoms with Crippen molar-refractivity contribution in [2.45, 2.75) is 56.8 Å². The van der Waals surface area contributed by atoms with Crippen molar-refractivity contribution in [3.05, 3.63) is 71.3 Å². The fraction of sp³-hybridized carbons (Fsp3) is 0.400. The number of aromatic hydroxyl groups is 1. The Balaban J connectivity index is 1.37. The van der Waals surface area contributed by atoms with Crippen LogP contribution in [0.2, 0.25) is 0 Å². The summed E-state index contributed by atoms with van der Waals surface area (Å²) in [5.74, 6) is 1.95. The van der Waals surface area contributed by atoms with Crippen molar-refractivity contribution in [2.24, 2.45) is 0 Å². The van der Waals surface area contributed by atoms with Crippen LogP contribution in [0.1, 0.15) is 62.5 Å². The molecule has 3 nitrogen and oxygen atoms in total. The summed E-state index contributed by atoms with van der Waals surface area (Å²) < 4.78 is 6.09. The Morgan fingerprint density at radius 2 is 1.86 bits per heavy atom. The number of allylic oxidation sites excluding steroid dienone is 2. The van der Waals surface area contributed by atoms with Crippen LogP contribution in [0, 0.1) is 0 Å². The van der Waals surface area contributed by atoms with E-state index >= 15 is 0 Å². The van der Waals surface area contributed by atoms with E-state index < -0.39 is 0 Å². The molecule has 0 aliphatic heterocycles. The predicted molar refractivity (Wildman–Crippen MR) is 111 cm³/mol. The fourth-order valence-electron chi connectivity index (χ4n) is 4.31. The smallest absolute Gasteiger partial charge is 0.155 e. The van der Waals surface area contributed by atoms with Gasteiger partial charge in [-0.15, -0.1) is 0 Å². The van der Waals surface area contributed by atoms with Crippen molar-refractivity contribution < 1.29 is 14.6 Å². The number of para-hydroxylation sites is 1. The molecule has 0 radical (unpaired) electrons. The fourth-order valence-corrected chi connectivity index (χ4v) is 4.31. The number of phenolic OH excluding ortho intramolecular Hbond substituents is 1. The lowest BCUT2D eigenvalue weighted by atomic mass is 9.91.